The van der Waals surface area contributed by atoms with E-state index in [0.717, 1.165) is 10.2 Å². The van der Waals surface area contributed by atoms with Crippen molar-refractivity contribution < 1.29 is 0 Å². The van der Waals surface area contributed by atoms with Crippen molar-refractivity contribution in [2.45, 2.75) is 18.8 Å². The van der Waals surface area contributed by atoms with Gasteiger partial charge in [-0.15, -0.1) is 0 Å². The van der Waals surface area contributed by atoms with Crippen LogP contribution in [0.2, 0.25) is 0 Å². The Hall–Kier alpha value is 0.330. The number of thioether (sulfide) groups is 1. The summed E-state index contributed by atoms with van der Waals surface area (Å²) in [5, 5.41) is 3.13. The van der Waals surface area contributed by atoms with E-state index in [1.807, 2.05) is 0 Å². The average Bonchev–Trinajstić information content (AvgIpc) is 2.10. The van der Waals surface area contributed by atoms with Crippen LogP contribution in [0.1, 0.15) is 13.3 Å². The van der Waals surface area contributed by atoms with Crippen LogP contribution in [0.3, 0.4) is 0 Å². The maximum absolute atomic E-state index is 5.57. The highest BCUT2D eigenvalue weighted by Gasteiger charge is 2.16. The second-order valence-corrected chi connectivity index (χ2v) is 4.26. The number of halogens is 1. The third-order valence-electron chi connectivity index (χ3n) is 1.14. The lowest BCUT2D eigenvalue weighted by molar-refractivity contribution is 0.759. The zero-order valence-corrected chi connectivity index (χ0v) is 7.55. The van der Waals surface area contributed by atoms with Gasteiger partial charge in [-0.3, -0.25) is 0 Å². The molecule has 0 radical (unpaired) electrons. The molecule has 1 aliphatic heterocycles. The molecule has 0 bridgehead atoms. The topological polar surface area (TPSA) is 38.0 Å². The molecule has 0 saturated heterocycles. The molecule has 0 aromatic heterocycles. The summed E-state index contributed by atoms with van der Waals surface area (Å²) in [6.45, 7) is 2.10. The number of hydrogen-bond donors (Lipinski definition) is 2. The van der Waals surface area contributed by atoms with Crippen molar-refractivity contribution >= 4 is 27.7 Å². The highest BCUT2D eigenvalue weighted by molar-refractivity contribution is 9.14. The first-order valence-electron chi connectivity index (χ1n) is 2.81. The van der Waals surface area contributed by atoms with E-state index in [1.54, 1.807) is 11.8 Å². The van der Waals surface area contributed by atoms with Gasteiger partial charge in [0, 0.05) is 5.70 Å². The monoisotopic (exact) mass is 208 g/mol. The summed E-state index contributed by atoms with van der Waals surface area (Å²) in [6.07, 6.45) is 1.02. The Labute approximate surface area is 67.4 Å². The Bertz CT molecular complexity index is 146. The van der Waals surface area contributed by atoms with E-state index in [-0.39, 0.29) is 5.50 Å². The fourth-order valence-corrected chi connectivity index (χ4v) is 2.45. The first-order valence-corrected chi connectivity index (χ1v) is 4.48. The third-order valence-corrected chi connectivity index (χ3v) is 3.00. The van der Waals surface area contributed by atoms with E-state index in [2.05, 4.69) is 28.2 Å². The summed E-state index contributed by atoms with van der Waals surface area (Å²) < 4.78 is 1.15. The summed E-state index contributed by atoms with van der Waals surface area (Å²) in [7, 11) is 0. The lowest BCUT2D eigenvalue weighted by Crippen LogP contribution is -2.28. The molecule has 1 atom stereocenters. The molecule has 0 saturated carbocycles. The van der Waals surface area contributed by atoms with Gasteiger partial charge in [0.1, 0.15) is 5.50 Å². The molecule has 0 spiro atoms. The predicted molar refractivity (Wildman–Crippen MR) is 44.9 cm³/mol. The molecule has 1 unspecified atom stereocenters. The molecule has 4 heteroatoms. The molecule has 1 heterocycles. The van der Waals surface area contributed by atoms with E-state index >= 15 is 0 Å². The van der Waals surface area contributed by atoms with Crippen LogP contribution in [0.5, 0.6) is 0 Å². The molecule has 0 amide bonds. The summed E-state index contributed by atoms with van der Waals surface area (Å²) in [6, 6.07) is 0. The van der Waals surface area contributed by atoms with Gasteiger partial charge >= 0.3 is 0 Å². The van der Waals surface area contributed by atoms with E-state index < -0.39 is 0 Å². The van der Waals surface area contributed by atoms with Gasteiger partial charge < -0.3 is 11.1 Å². The second kappa shape index (κ2) is 2.94. The van der Waals surface area contributed by atoms with Gasteiger partial charge in [0.2, 0.25) is 0 Å². The molecular formula is C5H9BrN2S. The van der Waals surface area contributed by atoms with Crippen molar-refractivity contribution in [1.82, 2.24) is 5.32 Å². The van der Waals surface area contributed by atoms with Crippen molar-refractivity contribution in [3.8, 4) is 0 Å². The average molecular weight is 209 g/mol. The van der Waals surface area contributed by atoms with Crippen LogP contribution in [0.15, 0.2) is 9.51 Å². The van der Waals surface area contributed by atoms with Crippen LogP contribution in [0.4, 0.5) is 0 Å². The van der Waals surface area contributed by atoms with Gasteiger partial charge in [-0.1, -0.05) is 18.7 Å². The SMILES string of the molecule is CCC1=C(Br)SC(N)N1. The molecule has 1 rings (SSSR count). The zero-order valence-electron chi connectivity index (χ0n) is 5.15. The minimum Gasteiger partial charge on any atom is -0.363 e. The van der Waals surface area contributed by atoms with Crippen molar-refractivity contribution in [1.29, 1.82) is 0 Å². The Morgan fingerprint density at radius 3 is 2.78 bits per heavy atom. The molecule has 0 fully saturated rings. The fourth-order valence-electron chi connectivity index (χ4n) is 0.682. The van der Waals surface area contributed by atoms with E-state index in [9.17, 15) is 0 Å². The number of nitrogens with two attached hydrogens (primary N) is 1. The van der Waals surface area contributed by atoms with Gasteiger partial charge in [-0.2, -0.15) is 0 Å². The van der Waals surface area contributed by atoms with Gasteiger partial charge in [-0.25, -0.2) is 0 Å². The molecule has 52 valence electrons. The fraction of sp³-hybridized carbons (Fsp3) is 0.600. The van der Waals surface area contributed by atoms with Crippen LogP contribution in [-0.4, -0.2) is 5.50 Å². The quantitative estimate of drug-likeness (QED) is 0.687. The molecule has 1 aliphatic rings. The first-order chi connectivity index (χ1) is 4.24. The smallest absolute Gasteiger partial charge is 0.128 e. The Balaban J connectivity index is 2.58. The molecule has 3 N–H and O–H groups in total. The number of allylic oxidation sites excluding steroid dienone is 1. The summed E-state index contributed by atoms with van der Waals surface area (Å²) in [5.74, 6) is 0. The Kier molecular flexibility index (Phi) is 2.43. The van der Waals surface area contributed by atoms with Crippen molar-refractivity contribution in [2.24, 2.45) is 5.73 Å². The van der Waals surface area contributed by atoms with Gasteiger partial charge in [0.25, 0.3) is 0 Å². The number of rotatable bonds is 1. The highest BCUT2D eigenvalue weighted by atomic mass is 79.9. The molecule has 0 aliphatic carbocycles. The predicted octanol–water partition coefficient (Wildman–Crippen LogP) is 1.54. The van der Waals surface area contributed by atoms with E-state index in [4.69, 9.17) is 5.73 Å². The first kappa shape index (κ1) is 7.44. The van der Waals surface area contributed by atoms with Crippen LogP contribution in [0, 0.1) is 0 Å². The summed E-state index contributed by atoms with van der Waals surface area (Å²) >= 11 is 5.02. The molecule has 2 nitrogen and oxygen atoms in total. The van der Waals surface area contributed by atoms with Gasteiger partial charge in [0.15, 0.2) is 0 Å². The van der Waals surface area contributed by atoms with Crippen LogP contribution in [0.25, 0.3) is 0 Å². The van der Waals surface area contributed by atoms with Gasteiger partial charge in [0.05, 0.1) is 3.81 Å². The van der Waals surface area contributed by atoms with Crippen molar-refractivity contribution in [3.63, 3.8) is 0 Å². The minimum absolute atomic E-state index is 0.0503. The molecule has 9 heavy (non-hydrogen) atoms. The Morgan fingerprint density at radius 1 is 1.89 bits per heavy atom. The van der Waals surface area contributed by atoms with Crippen molar-refractivity contribution in [3.05, 3.63) is 9.51 Å². The van der Waals surface area contributed by atoms with Crippen LogP contribution < -0.4 is 11.1 Å². The summed E-state index contributed by atoms with van der Waals surface area (Å²) in [5.41, 5.74) is 6.84. The molecular weight excluding hydrogens is 200 g/mol. The third kappa shape index (κ3) is 1.63. The van der Waals surface area contributed by atoms with E-state index in [0.29, 0.717) is 0 Å². The zero-order chi connectivity index (χ0) is 6.85. The molecule has 0 aromatic rings. The van der Waals surface area contributed by atoms with Crippen LogP contribution >= 0.6 is 27.7 Å². The maximum atomic E-state index is 5.57. The van der Waals surface area contributed by atoms with Crippen molar-refractivity contribution in [2.75, 3.05) is 0 Å². The maximum Gasteiger partial charge on any atom is 0.128 e. The largest absolute Gasteiger partial charge is 0.363 e. The minimum atomic E-state index is 0.0503. The lowest BCUT2D eigenvalue weighted by Gasteiger charge is -2.02. The highest BCUT2D eigenvalue weighted by Crippen LogP contribution is 2.33. The Morgan fingerprint density at radius 2 is 2.56 bits per heavy atom. The van der Waals surface area contributed by atoms with E-state index in [1.165, 1.54) is 5.70 Å². The van der Waals surface area contributed by atoms with Gasteiger partial charge in [-0.05, 0) is 22.4 Å². The summed E-state index contributed by atoms with van der Waals surface area (Å²) in [4.78, 5) is 0. The number of nitrogens with one attached hydrogen (secondary N) is 1. The lowest BCUT2D eigenvalue weighted by atomic mass is 10.4. The normalized spacial score (nSPS) is 26.8. The number of hydrogen-bond acceptors (Lipinski definition) is 3. The standard InChI is InChI=1S/C5H9BrN2S/c1-2-3-4(6)9-5(7)8-3/h5,8H,2,7H2,1H3. The second-order valence-electron chi connectivity index (χ2n) is 1.79. The molecule has 0 aromatic carbocycles. The van der Waals surface area contributed by atoms with Crippen LogP contribution in [-0.2, 0) is 0 Å².